The van der Waals surface area contributed by atoms with Gasteiger partial charge in [-0.25, -0.2) is 0 Å². The van der Waals surface area contributed by atoms with E-state index in [0.29, 0.717) is 28.8 Å². The molecule has 2 aromatic rings. The van der Waals surface area contributed by atoms with E-state index in [9.17, 15) is 9.59 Å². The lowest BCUT2D eigenvalue weighted by Crippen LogP contribution is -2.50. The fourth-order valence-electron chi connectivity index (χ4n) is 3.05. The Balaban J connectivity index is 2.22. The number of nitrogens with zero attached hydrogens (tertiary/aromatic N) is 1. The lowest BCUT2D eigenvalue weighted by atomic mass is 10.1. The number of hydrogen-bond acceptors (Lipinski definition) is 3. The first kappa shape index (κ1) is 24.0. The van der Waals surface area contributed by atoms with Crippen LogP contribution in [0.5, 0.6) is 5.75 Å². The van der Waals surface area contributed by atoms with E-state index >= 15 is 0 Å². The summed E-state index contributed by atoms with van der Waals surface area (Å²) in [7, 11) is 0. The van der Waals surface area contributed by atoms with E-state index in [1.807, 2.05) is 39.0 Å². The molecular weight excluding hydrogens is 423 g/mol. The summed E-state index contributed by atoms with van der Waals surface area (Å²) in [6.07, 6.45) is 1.30. The van der Waals surface area contributed by atoms with Gasteiger partial charge in [0.1, 0.15) is 11.8 Å². The second kappa shape index (κ2) is 11.8. The van der Waals surface area contributed by atoms with Crippen molar-refractivity contribution in [1.29, 1.82) is 0 Å². The Morgan fingerprint density at radius 2 is 1.87 bits per heavy atom. The maximum absolute atomic E-state index is 13.1. The van der Waals surface area contributed by atoms with E-state index in [2.05, 4.69) is 5.32 Å². The summed E-state index contributed by atoms with van der Waals surface area (Å²) in [6.45, 7) is 6.44. The molecule has 0 spiro atoms. The third kappa shape index (κ3) is 6.92. The summed E-state index contributed by atoms with van der Waals surface area (Å²) in [5.74, 6) is 0.158. The lowest BCUT2D eigenvalue weighted by molar-refractivity contribution is -0.143. The number of rotatable bonds is 10. The fourth-order valence-corrected chi connectivity index (χ4v) is 3.37. The number of carbonyl (C=O) groups is 2. The predicted molar refractivity (Wildman–Crippen MR) is 121 cm³/mol. The molecule has 7 heteroatoms. The Morgan fingerprint density at radius 3 is 2.50 bits per heavy atom. The van der Waals surface area contributed by atoms with E-state index in [1.165, 1.54) is 0 Å². The highest BCUT2D eigenvalue weighted by molar-refractivity contribution is 6.42. The Kier molecular flexibility index (Phi) is 9.47. The zero-order chi connectivity index (χ0) is 22.1. The molecule has 0 aliphatic rings. The van der Waals surface area contributed by atoms with E-state index in [1.54, 1.807) is 29.2 Å². The summed E-state index contributed by atoms with van der Waals surface area (Å²) < 4.78 is 5.70. The quantitative estimate of drug-likeness (QED) is 0.552. The molecule has 0 aliphatic carbocycles. The van der Waals surface area contributed by atoms with Gasteiger partial charge in [0, 0.05) is 13.1 Å². The van der Waals surface area contributed by atoms with E-state index in [0.717, 1.165) is 17.5 Å². The average Bonchev–Trinajstić information content (AvgIpc) is 2.73. The molecular formula is C23H28Cl2N2O3. The monoisotopic (exact) mass is 450 g/mol. The summed E-state index contributed by atoms with van der Waals surface area (Å²) in [5, 5.41) is 3.73. The molecule has 0 aromatic heterocycles. The van der Waals surface area contributed by atoms with Gasteiger partial charge in [-0.15, -0.1) is 0 Å². The first-order valence-corrected chi connectivity index (χ1v) is 10.8. The number of ether oxygens (including phenoxy) is 1. The molecule has 1 N–H and O–H groups in total. The van der Waals surface area contributed by atoms with Crippen molar-refractivity contribution >= 4 is 35.0 Å². The van der Waals surface area contributed by atoms with Crippen molar-refractivity contribution in [2.24, 2.45) is 0 Å². The Bertz CT molecular complexity index is 873. The van der Waals surface area contributed by atoms with Crippen LogP contribution in [0, 0.1) is 6.92 Å². The van der Waals surface area contributed by atoms with Gasteiger partial charge in [0.05, 0.1) is 10.0 Å². The van der Waals surface area contributed by atoms with Crippen molar-refractivity contribution in [2.75, 3.05) is 13.2 Å². The van der Waals surface area contributed by atoms with Crippen LogP contribution in [0.2, 0.25) is 10.0 Å². The molecule has 0 radical (unpaired) electrons. The summed E-state index contributed by atoms with van der Waals surface area (Å²) in [4.78, 5) is 27.4. The van der Waals surface area contributed by atoms with Crippen LogP contribution in [0.1, 0.15) is 37.8 Å². The van der Waals surface area contributed by atoms with Crippen molar-refractivity contribution in [3.63, 3.8) is 0 Å². The van der Waals surface area contributed by atoms with E-state index in [-0.39, 0.29) is 25.0 Å². The van der Waals surface area contributed by atoms with Crippen molar-refractivity contribution in [3.8, 4) is 5.75 Å². The number of amides is 2. The Morgan fingerprint density at radius 1 is 1.10 bits per heavy atom. The van der Waals surface area contributed by atoms with Crippen LogP contribution in [0.25, 0.3) is 0 Å². The third-order valence-corrected chi connectivity index (χ3v) is 5.36. The molecule has 1 unspecified atom stereocenters. The number of carbonyl (C=O) groups excluding carboxylic acids is 2. The summed E-state index contributed by atoms with van der Waals surface area (Å²) >= 11 is 12.1. The highest BCUT2D eigenvalue weighted by Gasteiger charge is 2.28. The first-order valence-electron chi connectivity index (χ1n) is 10.1. The highest BCUT2D eigenvalue weighted by Crippen LogP contribution is 2.24. The molecule has 2 aromatic carbocycles. The van der Waals surface area contributed by atoms with Gasteiger partial charge in [-0.2, -0.15) is 0 Å². The molecule has 0 bridgehead atoms. The minimum absolute atomic E-state index is 0.164. The number of nitrogens with one attached hydrogen (secondary N) is 1. The Labute approximate surface area is 188 Å². The van der Waals surface area contributed by atoms with Crippen LogP contribution in [0.3, 0.4) is 0 Å². The number of aryl methyl sites for hydroxylation is 1. The molecule has 2 amide bonds. The van der Waals surface area contributed by atoms with E-state index in [4.69, 9.17) is 27.9 Å². The van der Waals surface area contributed by atoms with Crippen LogP contribution >= 0.6 is 23.2 Å². The van der Waals surface area contributed by atoms with Crippen LogP contribution in [-0.4, -0.2) is 35.9 Å². The molecule has 162 valence electrons. The normalized spacial score (nSPS) is 11.6. The van der Waals surface area contributed by atoms with Gasteiger partial charge >= 0.3 is 0 Å². The molecule has 0 saturated carbocycles. The standard InChI is InChI=1S/C23H28Cl2N2O3/c1-4-11-26-23(29)21(5-2)27(14-17-9-10-19(24)20(25)13-17)22(28)15-30-18-8-6-7-16(3)12-18/h6-10,12-13,21H,4-5,11,14-15H2,1-3H3,(H,26,29). The number of hydrogen-bond donors (Lipinski definition) is 1. The predicted octanol–water partition coefficient (Wildman–Crippen LogP) is 5.01. The second-order valence-corrected chi connectivity index (χ2v) is 7.90. The molecule has 0 fully saturated rings. The topological polar surface area (TPSA) is 58.6 Å². The fraction of sp³-hybridized carbons (Fsp3) is 0.391. The van der Waals surface area contributed by atoms with Gasteiger partial charge in [-0.3, -0.25) is 9.59 Å². The van der Waals surface area contributed by atoms with Gasteiger partial charge in [-0.1, -0.05) is 55.2 Å². The van der Waals surface area contributed by atoms with Crippen molar-refractivity contribution < 1.29 is 14.3 Å². The zero-order valence-corrected chi connectivity index (χ0v) is 19.1. The number of benzene rings is 2. The van der Waals surface area contributed by atoms with Crippen molar-refractivity contribution in [1.82, 2.24) is 10.2 Å². The van der Waals surface area contributed by atoms with E-state index < -0.39 is 6.04 Å². The summed E-state index contributed by atoms with van der Waals surface area (Å²) in [6, 6.07) is 12.1. The smallest absolute Gasteiger partial charge is 0.261 e. The molecule has 0 heterocycles. The minimum Gasteiger partial charge on any atom is -0.484 e. The SMILES string of the molecule is CCCNC(=O)C(CC)N(Cc1ccc(Cl)c(Cl)c1)C(=O)COc1cccc(C)c1. The van der Waals surface area contributed by atoms with Crippen LogP contribution in [0.15, 0.2) is 42.5 Å². The first-order chi connectivity index (χ1) is 14.3. The summed E-state index contributed by atoms with van der Waals surface area (Å²) in [5.41, 5.74) is 1.83. The number of halogens is 2. The molecule has 0 saturated heterocycles. The van der Waals surface area contributed by atoms with Crippen molar-refractivity contribution in [2.45, 2.75) is 46.2 Å². The molecule has 2 rings (SSSR count). The third-order valence-electron chi connectivity index (χ3n) is 4.62. The van der Waals surface area contributed by atoms with Crippen LogP contribution in [0.4, 0.5) is 0 Å². The van der Waals surface area contributed by atoms with Crippen molar-refractivity contribution in [3.05, 3.63) is 63.6 Å². The average molecular weight is 451 g/mol. The maximum atomic E-state index is 13.1. The van der Waals surface area contributed by atoms with Gasteiger partial charge in [0.15, 0.2) is 6.61 Å². The molecule has 5 nitrogen and oxygen atoms in total. The maximum Gasteiger partial charge on any atom is 0.261 e. The van der Waals surface area contributed by atoms with Gasteiger partial charge in [-0.05, 0) is 55.2 Å². The highest BCUT2D eigenvalue weighted by atomic mass is 35.5. The Hall–Kier alpha value is -2.24. The van der Waals surface area contributed by atoms with Crippen LogP contribution in [-0.2, 0) is 16.1 Å². The lowest BCUT2D eigenvalue weighted by Gasteiger charge is -2.30. The minimum atomic E-state index is -0.611. The largest absolute Gasteiger partial charge is 0.484 e. The van der Waals surface area contributed by atoms with Crippen LogP contribution < -0.4 is 10.1 Å². The van der Waals surface area contributed by atoms with Gasteiger partial charge in [0.25, 0.3) is 5.91 Å². The van der Waals surface area contributed by atoms with Gasteiger partial charge in [0.2, 0.25) is 5.91 Å². The second-order valence-electron chi connectivity index (χ2n) is 7.09. The molecule has 1 atom stereocenters. The van der Waals surface area contributed by atoms with Gasteiger partial charge < -0.3 is 15.0 Å². The zero-order valence-electron chi connectivity index (χ0n) is 17.6. The molecule has 0 aliphatic heterocycles. The molecule has 30 heavy (non-hydrogen) atoms.